The number of ether oxygens (including phenoxy) is 4. The molecule has 5 N–H and O–H groups in total. The molecule has 1 amide bonds. The summed E-state index contributed by atoms with van der Waals surface area (Å²) in [6.07, 6.45) is 5.43. The number of piperidine rings is 1. The number of hydrogen-bond donors (Lipinski definition) is 5. The summed E-state index contributed by atoms with van der Waals surface area (Å²) in [6, 6.07) is 0. The van der Waals surface area contributed by atoms with Crippen LogP contribution in [0.1, 0.15) is 82.0 Å². The summed E-state index contributed by atoms with van der Waals surface area (Å²) in [7, 11) is 1.41. The Kier molecular flexibility index (Phi) is 15.3. The molecule has 0 aliphatic carbocycles. The fraction of sp³-hybridized carbons (Fsp3) is 0.522. The molecule has 3 aromatic rings. The summed E-state index contributed by atoms with van der Waals surface area (Å²) in [5.74, 6) is -4.13. The number of anilines is 1. The van der Waals surface area contributed by atoms with Crippen LogP contribution in [0.4, 0.5) is 11.5 Å². The van der Waals surface area contributed by atoms with Crippen LogP contribution in [-0.2, 0) is 30.3 Å². The van der Waals surface area contributed by atoms with Gasteiger partial charge in [-0.3, -0.25) is 19.5 Å². The third-order valence-corrected chi connectivity index (χ3v) is 12.7. The van der Waals surface area contributed by atoms with E-state index in [1.54, 1.807) is 44.4 Å². The number of esters is 2. The van der Waals surface area contributed by atoms with E-state index in [1.807, 2.05) is 0 Å². The summed E-state index contributed by atoms with van der Waals surface area (Å²) in [5, 5.41) is 61.0. The highest BCUT2D eigenvalue weighted by Crippen LogP contribution is 2.47. The number of allylic oxidation sites excluding steroid dienone is 2. The van der Waals surface area contributed by atoms with Crippen molar-refractivity contribution in [1.29, 1.82) is 0 Å². The van der Waals surface area contributed by atoms with Crippen LogP contribution in [0.3, 0.4) is 0 Å². The minimum Gasteiger partial charge on any atom is -0.507 e. The number of nitrogens with zero attached hydrogens (tertiary/aromatic N) is 6. The van der Waals surface area contributed by atoms with E-state index in [0.717, 1.165) is 6.26 Å². The number of likely N-dealkylation sites (tertiary alicyclic amines) is 1. The number of amides is 1. The molecule has 1 aromatic heterocycles. The molecule has 66 heavy (non-hydrogen) atoms. The van der Waals surface area contributed by atoms with Gasteiger partial charge in [-0.2, -0.15) is 0 Å². The number of nitrogens with one attached hydrogen (secondary N) is 1. The van der Waals surface area contributed by atoms with Crippen LogP contribution in [0.2, 0.25) is 0 Å². The van der Waals surface area contributed by atoms with E-state index in [9.17, 15) is 44.9 Å². The number of carbonyl (C=O) groups excluding carboxylic acids is 3. The van der Waals surface area contributed by atoms with Gasteiger partial charge in [-0.05, 0) is 31.8 Å². The number of phenols is 2. The van der Waals surface area contributed by atoms with Crippen molar-refractivity contribution in [3.63, 3.8) is 0 Å². The van der Waals surface area contributed by atoms with Gasteiger partial charge in [-0.1, -0.05) is 32.1 Å². The van der Waals surface area contributed by atoms with Crippen LogP contribution < -0.4 is 20.8 Å². The Bertz CT molecular complexity index is 2600. The molecule has 6 atom stereocenters. The van der Waals surface area contributed by atoms with Crippen LogP contribution >= 0.6 is 0 Å². The molecule has 2 aromatic carbocycles. The van der Waals surface area contributed by atoms with Gasteiger partial charge >= 0.3 is 17.8 Å². The maximum atomic E-state index is 14.5. The van der Waals surface area contributed by atoms with Gasteiger partial charge in [-0.25, -0.2) is 19.3 Å². The molecular formula is C46H59N7O13. The number of benzene rings is 2. The number of aryl methyl sites for hydroxylation is 1. The fourth-order valence-corrected chi connectivity index (χ4v) is 8.62. The van der Waals surface area contributed by atoms with Crippen molar-refractivity contribution in [3.05, 3.63) is 80.1 Å². The summed E-state index contributed by atoms with van der Waals surface area (Å²) in [6.45, 7) is 12.9. The van der Waals surface area contributed by atoms with E-state index in [1.165, 1.54) is 46.2 Å². The first kappa shape index (κ1) is 49.2. The molecule has 4 heterocycles. The third kappa shape index (κ3) is 10.3. The lowest BCUT2D eigenvalue weighted by Gasteiger charge is -2.37. The molecule has 1 spiro atoms. The standard InChI is InChI=1S/C46H59N7O13/c1-9-64-43-27(5)41(57)36-35-37(43)45(60)65-20-13-30(63-8)21-33(66-29(7)54)26(4)32(56)22-31(55)24(2)11-10-12-25(3)44(59)48-40(42(36)58)39-38(35)49-46(50-39)14-16-51(17-15-46)18-19-52-28(6)47-23-34(52)53(61)62/h10-13,20,23-24,26,30-33,49,55-58H,9,14-19,21-22H2,1-8H3/b11-10+,20-13+,25-12-,48-40?/t24?,26-,30+,31-,32?,33?/m1/s1. The van der Waals surface area contributed by atoms with Gasteiger partial charge in [0.05, 0.1) is 42.3 Å². The molecule has 20 heteroatoms. The Morgan fingerprint density at radius 3 is 2.39 bits per heavy atom. The molecule has 1 fully saturated rings. The number of methoxy groups -OCH3 is 1. The van der Waals surface area contributed by atoms with Crippen molar-refractivity contribution in [2.24, 2.45) is 21.8 Å². The number of hydrogen-bond acceptors (Lipinski definition) is 17. The van der Waals surface area contributed by atoms with E-state index in [2.05, 4.69) is 20.2 Å². The van der Waals surface area contributed by atoms with Gasteiger partial charge < -0.3 is 54.8 Å². The molecule has 1 saturated heterocycles. The molecule has 0 radical (unpaired) electrons. The SMILES string of the molecule is CCOc1c(C)c(O)c2c(O)c3c4c(c2c1C(=O)O/C=C/[C@H](OC)CC(OC(C)=O)[C@H](C)C(O)C[C@@H](O)C(C)/C=C/C=C(/C)C(=O)N=3)NC1(CCN(CCn2c([N+](=O)[O-])cnc2C)CC1)N=4. The molecule has 6 rings (SSSR count). The Morgan fingerprint density at radius 1 is 1.03 bits per heavy atom. The number of phenolic OH excluding ortho intramolecular Hbond substituents is 2. The maximum Gasteiger partial charge on any atom is 0.347 e. The zero-order chi connectivity index (χ0) is 48.2. The lowest BCUT2D eigenvalue weighted by Crippen LogP contribution is -2.47. The van der Waals surface area contributed by atoms with E-state index < -0.39 is 76.2 Å². The number of aromatic nitrogens is 2. The van der Waals surface area contributed by atoms with Gasteiger partial charge in [0.15, 0.2) is 11.6 Å². The molecular weight excluding hydrogens is 859 g/mol. The number of imidazole rings is 1. The van der Waals surface area contributed by atoms with Gasteiger partial charge in [0.25, 0.3) is 5.91 Å². The number of carbonyl (C=O) groups is 3. The largest absolute Gasteiger partial charge is 0.507 e. The van der Waals surface area contributed by atoms with Crippen LogP contribution in [0.5, 0.6) is 17.2 Å². The van der Waals surface area contributed by atoms with Crippen LogP contribution in [0.25, 0.3) is 10.8 Å². The van der Waals surface area contributed by atoms with Crippen LogP contribution in [0, 0.1) is 35.8 Å². The summed E-state index contributed by atoms with van der Waals surface area (Å²) in [5.41, 5.74) is -0.776. The Hall–Kier alpha value is -6.22. The zero-order valence-electron chi connectivity index (χ0n) is 38.4. The smallest absolute Gasteiger partial charge is 0.347 e. The molecule has 2 bridgehead atoms. The second-order valence-electron chi connectivity index (χ2n) is 17.1. The Balaban J connectivity index is 1.50. The minimum absolute atomic E-state index is 0.00644. The quantitative estimate of drug-likeness (QED) is 0.0926. The molecule has 3 aliphatic heterocycles. The van der Waals surface area contributed by atoms with Crippen molar-refractivity contribution in [2.75, 3.05) is 38.7 Å². The summed E-state index contributed by atoms with van der Waals surface area (Å²) < 4.78 is 24.6. The van der Waals surface area contributed by atoms with E-state index in [4.69, 9.17) is 23.9 Å². The second-order valence-corrected chi connectivity index (χ2v) is 17.1. The van der Waals surface area contributed by atoms with E-state index >= 15 is 0 Å². The lowest BCUT2D eigenvalue weighted by atomic mass is 9.88. The van der Waals surface area contributed by atoms with Crippen LogP contribution in [0.15, 0.2) is 52.3 Å². The number of aliphatic hydroxyl groups excluding tert-OH is 2. The normalized spacial score (nSPS) is 25.8. The van der Waals surface area contributed by atoms with Crippen molar-refractivity contribution in [1.82, 2.24) is 14.5 Å². The Labute approximate surface area is 381 Å². The van der Waals surface area contributed by atoms with Gasteiger partial charge in [-0.15, -0.1) is 0 Å². The minimum atomic E-state index is -1.11. The highest BCUT2D eigenvalue weighted by atomic mass is 16.6. The molecule has 3 unspecified atom stereocenters. The highest BCUT2D eigenvalue weighted by molar-refractivity contribution is 6.16. The summed E-state index contributed by atoms with van der Waals surface area (Å²) >= 11 is 0. The van der Waals surface area contributed by atoms with E-state index in [-0.39, 0.29) is 74.9 Å². The predicted molar refractivity (Wildman–Crippen MR) is 240 cm³/mol. The first-order chi connectivity index (χ1) is 31.3. The first-order valence-corrected chi connectivity index (χ1v) is 22.0. The number of cyclic esters (lactones) is 1. The molecule has 20 nitrogen and oxygen atoms in total. The van der Waals surface area contributed by atoms with Gasteiger partial charge in [0.2, 0.25) is 0 Å². The monoisotopic (exact) mass is 917 g/mol. The van der Waals surface area contributed by atoms with Crippen molar-refractivity contribution in [3.8, 4) is 17.2 Å². The Morgan fingerprint density at radius 2 is 1.74 bits per heavy atom. The van der Waals surface area contributed by atoms with Crippen molar-refractivity contribution < 1.29 is 58.7 Å². The van der Waals surface area contributed by atoms with Gasteiger partial charge in [0, 0.05) is 94.6 Å². The van der Waals surface area contributed by atoms with Gasteiger partial charge in [0.1, 0.15) is 52.3 Å². The molecule has 356 valence electrons. The second kappa shape index (κ2) is 20.5. The highest BCUT2D eigenvalue weighted by Gasteiger charge is 2.41. The fourth-order valence-electron chi connectivity index (χ4n) is 8.62. The van der Waals surface area contributed by atoms with E-state index in [0.29, 0.717) is 44.8 Å². The average molecular weight is 918 g/mol. The number of aromatic hydroxyl groups is 2. The first-order valence-electron chi connectivity index (χ1n) is 22.0. The number of aliphatic hydroxyl groups is 2. The number of rotatable bonds is 8. The zero-order valence-corrected chi connectivity index (χ0v) is 38.4. The number of nitro groups is 1. The van der Waals surface area contributed by atoms with Crippen molar-refractivity contribution in [2.45, 2.75) is 111 Å². The van der Waals surface area contributed by atoms with Crippen LogP contribution in [-0.4, -0.2) is 121 Å². The maximum absolute atomic E-state index is 14.5. The topological polar surface area (TPSA) is 270 Å². The predicted octanol–water partition coefficient (Wildman–Crippen LogP) is 3.96. The van der Waals surface area contributed by atoms with Crippen molar-refractivity contribution >= 4 is 40.1 Å². The lowest BCUT2D eigenvalue weighted by molar-refractivity contribution is -0.392. The third-order valence-electron chi connectivity index (χ3n) is 12.7. The molecule has 0 saturated carbocycles. The average Bonchev–Trinajstić information content (AvgIpc) is 3.84. The molecule has 3 aliphatic rings. The summed E-state index contributed by atoms with van der Waals surface area (Å²) in [4.78, 5) is 67.5.